The van der Waals surface area contributed by atoms with E-state index in [2.05, 4.69) is 4.98 Å². The number of aliphatic hydroxyl groups excluding tert-OH is 2. The van der Waals surface area contributed by atoms with Crippen molar-refractivity contribution in [1.82, 2.24) is 4.98 Å². The van der Waals surface area contributed by atoms with Crippen LogP contribution in [0.3, 0.4) is 0 Å². The molecule has 3 rings (SSSR count). The Morgan fingerprint density at radius 3 is 2.44 bits per heavy atom. The molecule has 0 fully saturated rings. The van der Waals surface area contributed by atoms with Gasteiger partial charge < -0.3 is 14.9 Å². The summed E-state index contributed by atoms with van der Waals surface area (Å²) in [6.07, 6.45) is 2.60. The lowest BCUT2D eigenvalue weighted by molar-refractivity contribution is -0.119. The van der Waals surface area contributed by atoms with E-state index in [0.29, 0.717) is 11.3 Å². The summed E-state index contributed by atoms with van der Waals surface area (Å²) < 4.78 is 5.84. The van der Waals surface area contributed by atoms with Gasteiger partial charge in [0, 0.05) is 10.9 Å². The molecule has 0 amide bonds. The van der Waals surface area contributed by atoms with Crippen molar-refractivity contribution in [2.24, 2.45) is 0 Å². The molecule has 0 saturated heterocycles. The lowest BCUT2D eigenvalue weighted by Crippen LogP contribution is -2.30. The lowest BCUT2D eigenvalue weighted by Gasteiger charge is -2.23. The van der Waals surface area contributed by atoms with Crippen LogP contribution in [0.5, 0.6) is 5.75 Å². The van der Waals surface area contributed by atoms with Gasteiger partial charge in [-0.1, -0.05) is 24.3 Å². The predicted octanol–water partition coefficient (Wildman–Crippen LogP) is 4.13. The number of fused-ring (bicyclic) bond motifs is 1. The summed E-state index contributed by atoms with van der Waals surface area (Å²) in [4.78, 5) is 28.6. The van der Waals surface area contributed by atoms with Gasteiger partial charge in [0.2, 0.25) is 0 Å². The van der Waals surface area contributed by atoms with Crippen molar-refractivity contribution < 1.29 is 24.5 Å². The molecule has 2 aromatic carbocycles. The van der Waals surface area contributed by atoms with Crippen molar-refractivity contribution in [2.75, 3.05) is 6.61 Å². The number of ether oxygens (including phenoxy) is 1. The van der Waals surface area contributed by atoms with Crippen LogP contribution in [0.4, 0.5) is 0 Å². The summed E-state index contributed by atoms with van der Waals surface area (Å²) in [5, 5.41) is 20.4. The van der Waals surface area contributed by atoms with Gasteiger partial charge in [0.15, 0.2) is 17.7 Å². The molecule has 0 bridgehead atoms. The maximum absolute atomic E-state index is 13.0. The Balaban J connectivity index is 1.94. The van der Waals surface area contributed by atoms with E-state index in [9.17, 15) is 19.8 Å². The van der Waals surface area contributed by atoms with Crippen LogP contribution in [0, 0.1) is 13.8 Å². The standard InChI is InChI=1S/C26H27NO5/c1-16-11-18(12-17(2)25(16)32-26(3,4)15-29)9-10-22(30)20-13-19-7-5-6-8-21(19)27-24(20)23(31)14-28/h5-13,15,23,28,31H,14H2,1-4H3/b10-9+. The molecule has 32 heavy (non-hydrogen) atoms. The predicted molar refractivity (Wildman–Crippen MR) is 124 cm³/mol. The van der Waals surface area contributed by atoms with Gasteiger partial charge in [0.05, 0.1) is 17.8 Å². The van der Waals surface area contributed by atoms with E-state index in [0.717, 1.165) is 28.4 Å². The Bertz CT molecular complexity index is 1170. The molecule has 0 aliphatic carbocycles. The Hall–Kier alpha value is -3.35. The second-order valence-electron chi connectivity index (χ2n) is 8.32. The van der Waals surface area contributed by atoms with E-state index in [1.807, 2.05) is 44.2 Å². The van der Waals surface area contributed by atoms with Gasteiger partial charge >= 0.3 is 0 Å². The maximum Gasteiger partial charge on any atom is 0.187 e. The monoisotopic (exact) mass is 433 g/mol. The molecule has 0 radical (unpaired) electrons. The summed E-state index contributed by atoms with van der Waals surface area (Å²) in [6.45, 7) is 6.62. The van der Waals surface area contributed by atoms with Crippen molar-refractivity contribution in [3.8, 4) is 5.75 Å². The van der Waals surface area contributed by atoms with E-state index in [-0.39, 0.29) is 17.0 Å². The van der Waals surface area contributed by atoms with Crippen LogP contribution in [-0.2, 0) is 4.79 Å². The van der Waals surface area contributed by atoms with Gasteiger partial charge in [0.25, 0.3) is 0 Å². The topological polar surface area (TPSA) is 96.7 Å². The third-order valence-corrected chi connectivity index (χ3v) is 5.07. The molecule has 1 aromatic heterocycles. The van der Waals surface area contributed by atoms with Crippen LogP contribution in [0.2, 0.25) is 0 Å². The molecule has 6 nitrogen and oxygen atoms in total. The third-order valence-electron chi connectivity index (χ3n) is 5.07. The Morgan fingerprint density at radius 2 is 1.81 bits per heavy atom. The highest BCUT2D eigenvalue weighted by Gasteiger charge is 2.21. The smallest absolute Gasteiger partial charge is 0.187 e. The molecule has 6 heteroatoms. The van der Waals surface area contributed by atoms with Crippen LogP contribution in [0.1, 0.15) is 52.7 Å². The summed E-state index contributed by atoms with van der Waals surface area (Å²) in [7, 11) is 0. The molecule has 0 aliphatic rings. The van der Waals surface area contributed by atoms with Crippen molar-refractivity contribution >= 4 is 29.0 Å². The molecule has 1 atom stereocenters. The van der Waals surface area contributed by atoms with Gasteiger partial charge in [-0.3, -0.25) is 9.59 Å². The van der Waals surface area contributed by atoms with E-state index in [1.165, 1.54) is 6.08 Å². The number of benzene rings is 2. The molecule has 2 N–H and O–H groups in total. The number of pyridine rings is 1. The van der Waals surface area contributed by atoms with Crippen molar-refractivity contribution in [3.63, 3.8) is 0 Å². The summed E-state index contributed by atoms with van der Waals surface area (Å²) in [6, 6.07) is 12.7. The molecule has 0 aliphatic heterocycles. The highest BCUT2D eigenvalue weighted by atomic mass is 16.5. The number of para-hydroxylation sites is 1. The zero-order valence-electron chi connectivity index (χ0n) is 18.6. The van der Waals surface area contributed by atoms with Crippen LogP contribution in [0.15, 0.2) is 48.5 Å². The molecule has 1 unspecified atom stereocenters. The van der Waals surface area contributed by atoms with Crippen molar-refractivity contribution in [3.05, 3.63) is 76.5 Å². The number of ketones is 1. The first-order valence-corrected chi connectivity index (χ1v) is 10.3. The largest absolute Gasteiger partial charge is 0.480 e. The van der Waals surface area contributed by atoms with E-state index in [4.69, 9.17) is 4.74 Å². The first-order valence-electron chi connectivity index (χ1n) is 10.3. The number of allylic oxidation sites excluding steroid dienone is 1. The van der Waals surface area contributed by atoms with Gasteiger partial charge in [-0.2, -0.15) is 0 Å². The van der Waals surface area contributed by atoms with Crippen LogP contribution >= 0.6 is 0 Å². The quantitative estimate of drug-likeness (QED) is 0.315. The van der Waals surface area contributed by atoms with Crippen LogP contribution in [-0.4, -0.2) is 39.5 Å². The fraction of sp³-hybridized carbons (Fsp3) is 0.269. The number of aliphatic hydroxyl groups is 2. The number of nitrogens with zero attached hydrogens (tertiary/aromatic N) is 1. The van der Waals surface area contributed by atoms with Crippen LogP contribution in [0.25, 0.3) is 17.0 Å². The van der Waals surface area contributed by atoms with E-state index >= 15 is 0 Å². The second-order valence-corrected chi connectivity index (χ2v) is 8.32. The molecule has 0 saturated carbocycles. The lowest BCUT2D eigenvalue weighted by atomic mass is 10.0. The average molecular weight is 434 g/mol. The van der Waals surface area contributed by atoms with E-state index in [1.54, 1.807) is 32.1 Å². The van der Waals surface area contributed by atoms with Gasteiger partial charge in [-0.25, -0.2) is 4.98 Å². The van der Waals surface area contributed by atoms with E-state index < -0.39 is 18.3 Å². The zero-order chi connectivity index (χ0) is 23.5. The Labute approximate surface area is 187 Å². The number of aldehydes is 1. The molecular weight excluding hydrogens is 406 g/mol. The number of aryl methyl sites for hydroxylation is 2. The van der Waals surface area contributed by atoms with Gasteiger partial charge in [-0.15, -0.1) is 0 Å². The maximum atomic E-state index is 13.0. The molecule has 0 spiro atoms. The van der Waals surface area contributed by atoms with Gasteiger partial charge in [-0.05, 0) is 74.7 Å². The molecule has 1 heterocycles. The van der Waals surface area contributed by atoms with Crippen molar-refractivity contribution in [1.29, 1.82) is 0 Å². The number of rotatable bonds is 8. The number of hydrogen-bond donors (Lipinski definition) is 2. The molecular formula is C26H27NO5. The summed E-state index contributed by atoms with van der Waals surface area (Å²) >= 11 is 0. The minimum atomic E-state index is -1.26. The minimum Gasteiger partial charge on any atom is -0.480 e. The first kappa shape index (κ1) is 23.3. The highest BCUT2D eigenvalue weighted by Crippen LogP contribution is 2.29. The number of aromatic nitrogens is 1. The molecule has 166 valence electrons. The minimum absolute atomic E-state index is 0.146. The number of hydrogen-bond acceptors (Lipinski definition) is 6. The Kier molecular flexibility index (Phi) is 6.87. The first-order chi connectivity index (χ1) is 15.1. The fourth-order valence-corrected chi connectivity index (χ4v) is 3.46. The zero-order valence-corrected chi connectivity index (χ0v) is 18.6. The molecule has 3 aromatic rings. The fourth-order valence-electron chi connectivity index (χ4n) is 3.46. The number of carbonyl (C=O) groups is 2. The average Bonchev–Trinajstić information content (AvgIpc) is 2.78. The highest BCUT2D eigenvalue weighted by molar-refractivity contribution is 6.09. The van der Waals surface area contributed by atoms with Crippen molar-refractivity contribution in [2.45, 2.75) is 39.4 Å². The number of carbonyl (C=O) groups excluding carboxylic acids is 2. The van der Waals surface area contributed by atoms with Gasteiger partial charge in [0.1, 0.15) is 11.9 Å². The van der Waals surface area contributed by atoms with Crippen LogP contribution < -0.4 is 4.74 Å². The third kappa shape index (κ3) is 5.10. The summed E-state index contributed by atoms with van der Waals surface area (Å²) in [5.74, 6) is 0.307. The Morgan fingerprint density at radius 1 is 1.16 bits per heavy atom. The SMILES string of the molecule is Cc1cc(/C=C/C(=O)c2cc3ccccc3nc2C(O)CO)cc(C)c1OC(C)(C)C=O. The normalized spacial score (nSPS) is 12.8. The summed E-state index contributed by atoms with van der Waals surface area (Å²) in [5.41, 5.74) is 2.57. The second kappa shape index (κ2) is 9.42.